The van der Waals surface area contributed by atoms with Crippen LogP contribution in [0.3, 0.4) is 0 Å². The Balaban J connectivity index is 3.14. The van der Waals surface area contributed by atoms with Crippen LogP contribution in [0.2, 0.25) is 0 Å². The highest BCUT2D eigenvalue weighted by molar-refractivity contribution is 9.10. The van der Waals surface area contributed by atoms with Crippen molar-refractivity contribution in [2.24, 2.45) is 5.90 Å². The minimum Gasteiger partial charge on any atom is -0.504 e. The molecular formula is C9H11BrFNO3. The summed E-state index contributed by atoms with van der Waals surface area (Å²) in [4.78, 5) is 4.37. The second-order valence-corrected chi connectivity index (χ2v) is 3.62. The Morgan fingerprint density at radius 1 is 1.60 bits per heavy atom. The van der Waals surface area contributed by atoms with E-state index in [0.29, 0.717) is 16.5 Å². The monoisotopic (exact) mass is 279 g/mol. The van der Waals surface area contributed by atoms with E-state index in [1.165, 1.54) is 7.11 Å². The lowest BCUT2D eigenvalue weighted by atomic mass is 10.1. The van der Waals surface area contributed by atoms with Crippen LogP contribution in [0.4, 0.5) is 4.39 Å². The zero-order chi connectivity index (χ0) is 11.4. The van der Waals surface area contributed by atoms with Crippen LogP contribution in [-0.2, 0) is 11.3 Å². The zero-order valence-corrected chi connectivity index (χ0v) is 9.67. The van der Waals surface area contributed by atoms with E-state index in [-0.39, 0.29) is 18.1 Å². The van der Waals surface area contributed by atoms with Crippen LogP contribution < -0.4 is 10.6 Å². The third kappa shape index (κ3) is 2.58. The van der Waals surface area contributed by atoms with Gasteiger partial charge in [0.15, 0.2) is 11.5 Å². The standard InChI is InChI=1S/C9H11BrFNO3/c1-14-9-7(13)4-6(11)5(8(9)10)2-3-15-12/h4,13H,2-3,12H2,1H3. The topological polar surface area (TPSA) is 64.7 Å². The van der Waals surface area contributed by atoms with Gasteiger partial charge in [0, 0.05) is 18.1 Å². The summed E-state index contributed by atoms with van der Waals surface area (Å²) in [5, 5.41) is 9.37. The molecule has 6 heteroatoms. The third-order valence-electron chi connectivity index (χ3n) is 1.92. The molecule has 0 amide bonds. The number of aromatic hydroxyl groups is 1. The molecule has 0 atom stereocenters. The number of hydrogen-bond acceptors (Lipinski definition) is 4. The van der Waals surface area contributed by atoms with Gasteiger partial charge in [-0.05, 0) is 15.9 Å². The first kappa shape index (κ1) is 12.2. The Kier molecular flexibility index (Phi) is 4.31. The molecule has 0 aromatic heterocycles. The number of benzene rings is 1. The molecule has 0 spiro atoms. The predicted octanol–water partition coefficient (Wildman–Crippen LogP) is 1.74. The molecule has 0 saturated heterocycles. The van der Waals surface area contributed by atoms with Gasteiger partial charge in [0.25, 0.3) is 0 Å². The molecule has 1 aromatic rings. The van der Waals surface area contributed by atoms with Gasteiger partial charge in [0.2, 0.25) is 0 Å². The van der Waals surface area contributed by atoms with Gasteiger partial charge in [-0.25, -0.2) is 10.3 Å². The Bertz CT molecular complexity index is 360. The molecule has 0 radical (unpaired) electrons. The zero-order valence-electron chi connectivity index (χ0n) is 8.09. The molecule has 0 heterocycles. The van der Waals surface area contributed by atoms with Gasteiger partial charge in [0.05, 0.1) is 18.2 Å². The van der Waals surface area contributed by atoms with Crippen molar-refractivity contribution in [3.63, 3.8) is 0 Å². The largest absolute Gasteiger partial charge is 0.504 e. The fraction of sp³-hybridized carbons (Fsp3) is 0.333. The molecule has 0 bridgehead atoms. The number of hydrogen-bond donors (Lipinski definition) is 2. The summed E-state index contributed by atoms with van der Waals surface area (Å²) in [5.74, 6) is 4.28. The maximum absolute atomic E-state index is 13.4. The Morgan fingerprint density at radius 3 is 2.80 bits per heavy atom. The van der Waals surface area contributed by atoms with E-state index in [2.05, 4.69) is 20.8 Å². The maximum Gasteiger partial charge on any atom is 0.175 e. The van der Waals surface area contributed by atoms with Crippen LogP contribution in [0.25, 0.3) is 0 Å². The Labute approximate surface area is 94.9 Å². The summed E-state index contributed by atoms with van der Waals surface area (Å²) >= 11 is 3.15. The molecule has 0 aliphatic carbocycles. The molecule has 1 rings (SSSR count). The minimum atomic E-state index is -0.530. The molecule has 0 fully saturated rings. The van der Waals surface area contributed by atoms with Gasteiger partial charge >= 0.3 is 0 Å². The van der Waals surface area contributed by atoms with E-state index in [1.54, 1.807) is 0 Å². The van der Waals surface area contributed by atoms with E-state index < -0.39 is 5.82 Å². The summed E-state index contributed by atoms with van der Waals surface area (Å²) < 4.78 is 18.7. The van der Waals surface area contributed by atoms with Gasteiger partial charge in [-0.15, -0.1) is 0 Å². The van der Waals surface area contributed by atoms with Crippen molar-refractivity contribution >= 4 is 15.9 Å². The number of nitrogens with two attached hydrogens (primary N) is 1. The van der Waals surface area contributed by atoms with E-state index >= 15 is 0 Å². The van der Waals surface area contributed by atoms with Crippen molar-refractivity contribution < 1.29 is 19.1 Å². The van der Waals surface area contributed by atoms with E-state index in [1.807, 2.05) is 0 Å². The van der Waals surface area contributed by atoms with Crippen molar-refractivity contribution in [3.8, 4) is 11.5 Å². The highest BCUT2D eigenvalue weighted by atomic mass is 79.9. The number of methoxy groups -OCH3 is 1. The van der Waals surface area contributed by atoms with Gasteiger partial charge in [-0.3, -0.25) is 0 Å². The summed E-state index contributed by atoms with van der Waals surface area (Å²) in [6, 6.07) is 0.995. The van der Waals surface area contributed by atoms with Crippen LogP contribution in [0.5, 0.6) is 11.5 Å². The van der Waals surface area contributed by atoms with E-state index in [9.17, 15) is 9.50 Å². The molecular weight excluding hydrogens is 269 g/mol. The van der Waals surface area contributed by atoms with Gasteiger partial charge < -0.3 is 14.7 Å². The molecule has 0 aliphatic heterocycles. The fourth-order valence-electron chi connectivity index (χ4n) is 1.21. The van der Waals surface area contributed by atoms with Crippen LogP contribution in [-0.4, -0.2) is 18.8 Å². The highest BCUT2D eigenvalue weighted by Gasteiger charge is 2.16. The average Bonchev–Trinajstić information content (AvgIpc) is 2.17. The predicted molar refractivity (Wildman–Crippen MR) is 56.2 cm³/mol. The summed E-state index contributed by atoms with van der Waals surface area (Å²) in [6.07, 6.45) is 0.291. The smallest absolute Gasteiger partial charge is 0.175 e. The van der Waals surface area contributed by atoms with Crippen LogP contribution >= 0.6 is 15.9 Å². The van der Waals surface area contributed by atoms with Crippen molar-refractivity contribution in [2.45, 2.75) is 6.42 Å². The molecule has 0 aliphatic rings. The SMILES string of the molecule is COc1c(O)cc(F)c(CCON)c1Br. The van der Waals surface area contributed by atoms with Crippen LogP contribution in [0.1, 0.15) is 5.56 Å². The first-order valence-electron chi connectivity index (χ1n) is 4.17. The molecule has 15 heavy (non-hydrogen) atoms. The third-order valence-corrected chi connectivity index (χ3v) is 2.76. The first-order valence-corrected chi connectivity index (χ1v) is 4.96. The van der Waals surface area contributed by atoms with E-state index in [4.69, 9.17) is 10.6 Å². The Morgan fingerprint density at radius 2 is 2.27 bits per heavy atom. The molecule has 0 unspecified atom stereocenters. The lowest BCUT2D eigenvalue weighted by molar-refractivity contribution is 0.140. The average molecular weight is 280 g/mol. The first-order chi connectivity index (χ1) is 7.11. The molecule has 1 aromatic carbocycles. The van der Waals surface area contributed by atoms with Crippen LogP contribution in [0, 0.1) is 5.82 Å². The molecule has 0 saturated carbocycles. The fourth-order valence-corrected chi connectivity index (χ4v) is 1.96. The minimum absolute atomic E-state index is 0.184. The van der Waals surface area contributed by atoms with Crippen molar-refractivity contribution in [1.29, 1.82) is 0 Å². The molecule has 84 valence electrons. The van der Waals surface area contributed by atoms with Gasteiger partial charge in [-0.2, -0.15) is 0 Å². The highest BCUT2D eigenvalue weighted by Crippen LogP contribution is 2.38. The second kappa shape index (κ2) is 5.29. The van der Waals surface area contributed by atoms with Gasteiger partial charge in [-0.1, -0.05) is 0 Å². The van der Waals surface area contributed by atoms with Crippen molar-refractivity contribution in [2.75, 3.05) is 13.7 Å². The summed E-state index contributed by atoms with van der Waals surface area (Å²) in [6.45, 7) is 0.184. The number of halogens is 2. The second-order valence-electron chi connectivity index (χ2n) is 2.82. The normalized spacial score (nSPS) is 10.4. The molecule has 4 nitrogen and oxygen atoms in total. The van der Waals surface area contributed by atoms with Gasteiger partial charge in [0.1, 0.15) is 5.82 Å². The number of phenols is 1. The lowest BCUT2D eigenvalue weighted by Crippen LogP contribution is -2.06. The summed E-state index contributed by atoms with van der Waals surface area (Å²) in [5.41, 5.74) is 0.357. The lowest BCUT2D eigenvalue weighted by Gasteiger charge is -2.11. The number of phenolic OH excluding ortho intramolecular Hbond substituents is 1. The van der Waals surface area contributed by atoms with Crippen molar-refractivity contribution in [1.82, 2.24) is 0 Å². The van der Waals surface area contributed by atoms with E-state index in [0.717, 1.165) is 6.07 Å². The number of rotatable bonds is 4. The quantitative estimate of drug-likeness (QED) is 0.824. The Hall–Kier alpha value is -0.850. The molecule has 3 N–H and O–H groups in total. The summed E-state index contributed by atoms with van der Waals surface area (Å²) in [7, 11) is 1.39. The number of ether oxygens (including phenoxy) is 1. The maximum atomic E-state index is 13.4. The van der Waals surface area contributed by atoms with Crippen LogP contribution in [0.15, 0.2) is 10.5 Å². The van der Waals surface area contributed by atoms with Crippen molar-refractivity contribution in [3.05, 3.63) is 21.9 Å².